The molecule has 0 aliphatic heterocycles. The number of carbonyl (C=O) groups is 1. The quantitative estimate of drug-likeness (QED) is 0.442. The Balaban J connectivity index is 2.98. The van der Waals surface area contributed by atoms with Gasteiger partial charge in [0, 0.05) is 0 Å². The Bertz CT molecular complexity index is 59.7. The monoisotopic (exact) mass is 142 g/mol. The second-order valence-corrected chi connectivity index (χ2v) is 4.21. The van der Waals surface area contributed by atoms with Crippen LogP contribution >= 0.6 is 16.4 Å². The van der Waals surface area contributed by atoms with Gasteiger partial charge >= 0.3 is 0 Å². The normalized spacial score (nSPS) is 14.6. The average molecular weight is 142 g/mol. The van der Waals surface area contributed by atoms with E-state index >= 15 is 0 Å². The summed E-state index contributed by atoms with van der Waals surface area (Å²) in [6.45, 7) is 1.79. The van der Waals surface area contributed by atoms with E-state index in [-0.39, 0.29) is 14.7 Å². The first kappa shape index (κ1) is 7.26. The van der Waals surface area contributed by atoms with Gasteiger partial charge in [-0.1, -0.05) is 0 Å². The number of halogens is 1. The number of carbonyl (C=O) groups excluding carboxylic acids is 1. The van der Waals surface area contributed by atoms with Crippen molar-refractivity contribution in [1.82, 2.24) is 0 Å². The molecule has 0 amide bonds. The molecule has 0 saturated carbocycles. The lowest BCUT2D eigenvalue weighted by atomic mass is 11.7. The highest BCUT2D eigenvalue weighted by atomic mass is 32.1. The third kappa shape index (κ3) is 4.11. The van der Waals surface area contributed by atoms with Crippen molar-refractivity contribution >= 4 is 22.9 Å². The van der Waals surface area contributed by atoms with Gasteiger partial charge in [0.1, 0.15) is 0 Å². The van der Waals surface area contributed by atoms with Crippen molar-refractivity contribution in [3.8, 4) is 0 Å². The van der Waals surface area contributed by atoms with Gasteiger partial charge in [0.05, 0.1) is 0 Å². The van der Waals surface area contributed by atoms with Crippen molar-refractivity contribution in [3.05, 3.63) is 0 Å². The molecule has 0 aromatic rings. The van der Waals surface area contributed by atoms with Crippen LogP contribution in [0.2, 0.25) is 0 Å². The highest BCUT2D eigenvalue weighted by Gasteiger charge is 2.00. The maximum Gasteiger partial charge on any atom is 0.298 e. The molecule has 0 aliphatic rings. The molecule has 0 radical (unpaired) electrons. The molecular weight excluding hydrogens is 137 g/mol. The molecule has 0 heterocycles. The van der Waals surface area contributed by atoms with Crippen molar-refractivity contribution in [2.24, 2.45) is 0 Å². The molecule has 0 spiro atoms. The van der Waals surface area contributed by atoms with Crippen LogP contribution in [0.15, 0.2) is 0 Å². The minimum atomic E-state index is -1.92. The van der Waals surface area contributed by atoms with E-state index in [2.05, 4.69) is 4.52 Å². The third-order valence-electron chi connectivity index (χ3n) is 0.311. The summed E-state index contributed by atoms with van der Waals surface area (Å²) in [7, 11) is -1.84. The smallest absolute Gasteiger partial charge is 0.298 e. The lowest BCUT2D eigenvalue weighted by Gasteiger charge is -1.95. The number of rotatable bonds is 3. The summed E-state index contributed by atoms with van der Waals surface area (Å²) in [5, 5.41) is 0. The molecule has 0 bridgehead atoms. The maximum atomic E-state index is 11.8. The summed E-state index contributed by atoms with van der Waals surface area (Å²) in [5.41, 5.74) is 0. The van der Waals surface area contributed by atoms with E-state index in [9.17, 15) is 8.99 Å². The van der Waals surface area contributed by atoms with E-state index in [1.54, 1.807) is 6.66 Å². The first-order valence-electron chi connectivity index (χ1n) is 1.55. The first-order valence-corrected chi connectivity index (χ1v) is 5.04. The zero-order chi connectivity index (χ0) is 5.70. The van der Waals surface area contributed by atoms with Crippen molar-refractivity contribution in [3.63, 3.8) is 0 Å². The molecule has 0 saturated heterocycles. The van der Waals surface area contributed by atoms with Crippen LogP contribution in [0.1, 0.15) is 0 Å². The van der Waals surface area contributed by atoms with Gasteiger partial charge < -0.3 is 4.52 Å². The molecule has 7 heavy (non-hydrogen) atoms. The maximum absolute atomic E-state index is 11.8. The summed E-state index contributed by atoms with van der Waals surface area (Å²) in [4.78, 5) is 9.33. The molecule has 0 aromatic heterocycles. The fourth-order valence-electron chi connectivity index (χ4n) is 0.0905. The third-order valence-corrected chi connectivity index (χ3v) is 2.31. The van der Waals surface area contributed by atoms with Crippen LogP contribution in [0, 0.1) is 0 Å². The van der Waals surface area contributed by atoms with E-state index < -0.39 is 8.15 Å². The van der Waals surface area contributed by atoms with Gasteiger partial charge in [0.25, 0.3) is 14.6 Å². The number of hydrogen-bond donors (Lipinski definition) is 0. The van der Waals surface area contributed by atoms with Gasteiger partial charge in [-0.3, -0.25) is 4.79 Å². The molecule has 0 fully saturated rings. The molecular formula is C2H5FO2P2. The van der Waals surface area contributed by atoms with E-state index in [0.29, 0.717) is 0 Å². The standard InChI is InChI=1S/C2H5FO2P2/c1-6-7(3)5-2-4/h2,6H,1H3. The Morgan fingerprint density at radius 1 is 2.00 bits per heavy atom. The molecule has 0 N–H and O–H groups in total. The zero-order valence-electron chi connectivity index (χ0n) is 3.72. The second kappa shape index (κ2) is 4.42. The first-order chi connectivity index (χ1) is 3.31. The summed E-state index contributed by atoms with van der Waals surface area (Å²) < 4.78 is 15.7. The average Bonchev–Trinajstić information content (AvgIpc) is 1.68. The molecule has 5 heteroatoms. The van der Waals surface area contributed by atoms with Crippen LogP contribution in [0.4, 0.5) is 4.20 Å². The molecule has 42 valence electrons. The van der Waals surface area contributed by atoms with Crippen LogP contribution in [0.5, 0.6) is 0 Å². The summed E-state index contributed by atoms with van der Waals surface area (Å²) >= 11 is 0. The minimum absolute atomic E-state index is 0.0830. The van der Waals surface area contributed by atoms with E-state index in [0.717, 1.165) is 0 Å². The topological polar surface area (TPSA) is 26.3 Å². The Labute approximate surface area is 44.1 Å². The Kier molecular flexibility index (Phi) is 4.58. The van der Waals surface area contributed by atoms with Gasteiger partial charge in [-0.25, -0.2) is 0 Å². The Hall–Kier alpha value is 0.260. The predicted molar refractivity (Wildman–Crippen MR) is 29.4 cm³/mol. The van der Waals surface area contributed by atoms with Gasteiger partial charge in [-0.05, 0) is 14.9 Å². The predicted octanol–water partition coefficient (Wildman–Crippen LogP) is 1.66. The summed E-state index contributed by atoms with van der Waals surface area (Å²) in [6, 6.07) is 0. The van der Waals surface area contributed by atoms with Gasteiger partial charge in [-0.2, -0.15) is 4.20 Å². The molecule has 0 aromatic carbocycles. The lowest BCUT2D eigenvalue weighted by Crippen LogP contribution is -1.67. The molecule has 2 atom stereocenters. The minimum Gasteiger partial charge on any atom is -0.412 e. The molecule has 0 aliphatic carbocycles. The van der Waals surface area contributed by atoms with Crippen molar-refractivity contribution in [1.29, 1.82) is 0 Å². The van der Waals surface area contributed by atoms with Crippen molar-refractivity contribution in [2.45, 2.75) is 0 Å². The second-order valence-electron chi connectivity index (χ2n) is 0.670. The Morgan fingerprint density at radius 2 is 2.57 bits per heavy atom. The number of hydrogen-bond acceptors (Lipinski definition) is 2. The van der Waals surface area contributed by atoms with Gasteiger partial charge in [0.2, 0.25) is 0 Å². The van der Waals surface area contributed by atoms with Crippen LogP contribution < -0.4 is 0 Å². The van der Waals surface area contributed by atoms with Crippen molar-refractivity contribution in [2.75, 3.05) is 6.66 Å². The van der Waals surface area contributed by atoms with Gasteiger partial charge in [0.15, 0.2) is 0 Å². The fraction of sp³-hybridized carbons (Fsp3) is 0.500. The van der Waals surface area contributed by atoms with E-state index in [4.69, 9.17) is 0 Å². The SMILES string of the molecule is CPP(F)OC=O. The lowest BCUT2D eigenvalue weighted by molar-refractivity contribution is -0.120. The van der Waals surface area contributed by atoms with Crippen LogP contribution in [-0.4, -0.2) is 13.1 Å². The van der Waals surface area contributed by atoms with Crippen molar-refractivity contribution < 1.29 is 13.5 Å². The fourth-order valence-corrected chi connectivity index (χ4v) is 0.717. The van der Waals surface area contributed by atoms with E-state index in [1.807, 2.05) is 0 Å². The molecule has 0 rings (SSSR count). The zero-order valence-corrected chi connectivity index (χ0v) is 5.61. The molecule has 2 nitrogen and oxygen atoms in total. The largest absolute Gasteiger partial charge is 0.412 e. The van der Waals surface area contributed by atoms with Crippen LogP contribution in [0.3, 0.4) is 0 Å². The Morgan fingerprint density at radius 3 is 2.71 bits per heavy atom. The molecule has 2 unspecified atom stereocenters. The summed E-state index contributed by atoms with van der Waals surface area (Å²) in [5.74, 6) is 0. The van der Waals surface area contributed by atoms with Gasteiger partial charge in [-0.15, -0.1) is 0 Å². The van der Waals surface area contributed by atoms with Crippen LogP contribution in [-0.2, 0) is 9.32 Å². The summed E-state index contributed by atoms with van der Waals surface area (Å²) in [6.07, 6.45) is 0. The highest BCUT2D eigenvalue weighted by molar-refractivity contribution is 8.16. The van der Waals surface area contributed by atoms with E-state index in [1.165, 1.54) is 0 Å². The van der Waals surface area contributed by atoms with Crippen LogP contribution in [0.25, 0.3) is 0 Å². The highest BCUT2D eigenvalue weighted by Crippen LogP contribution is 2.54.